The van der Waals surface area contributed by atoms with Crippen LogP contribution in [0.2, 0.25) is 0 Å². The highest BCUT2D eigenvalue weighted by molar-refractivity contribution is 5.48. The maximum Gasteiger partial charge on any atom is 0.123 e. The van der Waals surface area contributed by atoms with E-state index in [1.165, 1.54) is 31.5 Å². The van der Waals surface area contributed by atoms with E-state index in [2.05, 4.69) is 22.9 Å². The van der Waals surface area contributed by atoms with Crippen LogP contribution >= 0.6 is 0 Å². The van der Waals surface area contributed by atoms with E-state index >= 15 is 0 Å². The highest BCUT2D eigenvalue weighted by Gasteiger charge is 2.18. The SMILES string of the molecule is CC.CCC1CCCN(c2ccc(N)nc2)C1. The molecule has 2 rings (SSSR count). The summed E-state index contributed by atoms with van der Waals surface area (Å²) >= 11 is 0. The number of hydrogen-bond donors (Lipinski definition) is 1. The largest absolute Gasteiger partial charge is 0.384 e. The second-order valence-corrected chi connectivity index (χ2v) is 4.30. The van der Waals surface area contributed by atoms with Crippen molar-refractivity contribution >= 4 is 11.5 Å². The Labute approximate surface area is 105 Å². The lowest BCUT2D eigenvalue weighted by molar-refractivity contribution is 0.404. The van der Waals surface area contributed by atoms with Crippen molar-refractivity contribution in [2.45, 2.75) is 40.0 Å². The Morgan fingerprint density at radius 2 is 2.18 bits per heavy atom. The summed E-state index contributed by atoms with van der Waals surface area (Å²) in [4.78, 5) is 6.56. The molecule has 0 aliphatic carbocycles. The summed E-state index contributed by atoms with van der Waals surface area (Å²) in [7, 11) is 0. The molecule has 1 aliphatic heterocycles. The molecule has 0 spiro atoms. The molecule has 96 valence electrons. The van der Waals surface area contributed by atoms with Crippen LogP contribution in [0.15, 0.2) is 18.3 Å². The topological polar surface area (TPSA) is 42.1 Å². The molecule has 3 heteroatoms. The minimum Gasteiger partial charge on any atom is -0.384 e. The Bertz CT molecular complexity index is 308. The van der Waals surface area contributed by atoms with Gasteiger partial charge in [-0.25, -0.2) is 4.98 Å². The molecular weight excluding hydrogens is 210 g/mol. The minimum absolute atomic E-state index is 0.600. The molecule has 2 N–H and O–H groups in total. The summed E-state index contributed by atoms with van der Waals surface area (Å²) in [6, 6.07) is 3.95. The zero-order chi connectivity index (χ0) is 12.7. The summed E-state index contributed by atoms with van der Waals surface area (Å²) in [5, 5.41) is 0. The third-order valence-electron chi connectivity index (χ3n) is 3.23. The van der Waals surface area contributed by atoms with Crippen LogP contribution in [0.4, 0.5) is 11.5 Å². The molecule has 1 atom stereocenters. The third kappa shape index (κ3) is 3.91. The van der Waals surface area contributed by atoms with E-state index in [4.69, 9.17) is 5.73 Å². The highest BCUT2D eigenvalue weighted by atomic mass is 15.1. The zero-order valence-corrected chi connectivity index (χ0v) is 11.3. The Balaban J connectivity index is 0.000000686. The van der Waals surface area contributed by atoms with E-state index in [9.17, 15) is 0 Å². The van der Waals surface area contributed by atoms with Gasteiger partial charge in [0.25, 0.3) is 0 Å². The van der Waals surface area contributed by atoms with Gasteiger partial charge in [0.2, 0.25) is 0 Å². The van der Waals surface area contributed by atoms with Crippen LogP contribution in [0.1, 0.15) is 40.0 Å². The van der Waals surface area contributed by atoms with Gasteiger partial charge in [-0.15, -0.1) is 0 Å². The maximum absolute atomic E-state index is 5.58. The number of rotatable bonds is 2. The van der Waals surface area contributed by atoms with Gasteiger partial charge in [-0.05, 0) is 30.9 Å². The lowest BCUT2D eigenvalue weighted by Crippen LogP contribution is -2.35. The van der Waals surface area contributed by atoms with E-state index in [1.807, 2.05) is 26.1 Å². The Morgan fingerprint density at radius 1 is 1.41 bits per heavy atom. The Kier molecular flexibility index (Phi) is 5.81. The van der Waals surface area contributed by atoms with E-state index in [0.29, 0.717) is 5.82 Å². The molecule has 17 heavy (non-hydrogen) atoms. The predicted octanol–water partition coefficient (Wildman–Crippen LogP) is 3.32. The van der Waals surface area contributed by atoms with Crippen molar-refractivity contribution in [2.24, 2.45) is 5.92 Å². The molecule has 0 bridgehead atoms. The van der Waals surface area contributed by atoms with E-state index in [0.717, 1.165) is 12.5 Å². The van der Waals surface area contributed by atoms with Gasteiger partial charge >= 0.3 is 0 Å². The Hall–Kier alpha value is -1.25. The van der Waals surface area contributed by atoms with Crippen molar-refractivity contribution in [3.8, 4) is 0 Å². The summed E-state index contributed by atoms with van der Waals surface area (Å²) in [5.41, 5.74) is 6.79. The molecule has 1 aliphatic rings. The number of hydrogen-bond acceptors (Lipinski definition) is 3. The number of nitrogens with zero attached hydrogens (tertiary/aromatic N) is 2. The third-order valence-corrected chi connectivity index (χ3v) is 3.23. The molecule has 0 amide bonds. The van der Waals surface area contributed by atoms with Gasteiger partial charge in [0, 0.05) is 13.1 Å². The number of piperidine rings is 1. The summed E-state index contributed by atoms with van der Waals surface area (Å²) in [6.07, 6.45) is 5.82. The summed E-state index contributed by atoms with van der Waals surface area (Å²) < 4.78 is 0. The van der Waals surface area contributed by atoms with E-state index < -0.39 is 0 Å². The van der Waals surface area contributed by atoms with Crippen molar-refractivity contribution in [2.75, 3.05) is 23.7 Å². The van der Waals surface area contributed by atoms with Crippen LogP contribution in [0.5, 0.6) is 0 Å². The number of anilines is 2. The van der Waals surface area contributed by atoms with Gasteiger partial charge in [0.05, 0.1) is 11.9 Å². The van der Waals surface area contributed by atoms with Gasteiger partial charge in [-0.1, -0.05) is 27.2 Å². The van der Waals surface area contributed by atoms with Crippen LogP contribution in [0.25, 0.3) is 0 Å². The molecular formula is C14H25N3. The van der Waals surface area contributed by atoms with E-state index in [-0.39, 0.29) is 0 Å². The zero-order valence-electron chi connectivity index (χ0n) is 11.3. The van der Waals surface area contributed by atoms with Crippen molar-refractivity contribution in [1.29, 1.82) is 0 Å². The summed E-state index contributed by atoms with van der Waals surface area (Å²) in [6.45, 7) is 8.60. The molecule has 1 unspecified atom stereocenters. The smallest absolute Gasteiger partial charge is 0.123 e. The van der Waals surface area contributed by atoms with Crippen LogP contribution < -0.4 is 10.6 Å². The lowest BCUT2D eigenvalue weighted by Gasteiger charge is -2.33. The van der Waals surface area contributed by atoms with Gasteiger partial charge in [-0.3, -0.25) is 0 Å². The molecule has 0 radical (unpaired) electrons. The van der Waals surface area contributed by atoms with Crippen LogP contribution in [0.3, 0.4) is 0 Å². The molecule has 0 aromatic carbocycles. The molecule has 1 aromatic rings. The first-order chi connectivity index (χ1) is 8.29. The first kappa shape index (κ1) is 13.8. The second kappa shape index (κ2) is 7.15. The number of nitrogen functional groups attached to an aromatic ring is 1. The maximum atomic E-state index is 5.58. The van der Waals surface area contributed by atoms with Crippen molar-refractivity contribution in [1.82, 2.24) is 4.98 Å². The van der Waals surface area contributed by atoms with Gasteiger partial charge in [0.15, 0.2) is 0 Å². The lowest BCUT2D eigenvalue weighted by atomic mass is 9.95. The second-order valence-electron chi connectivity index (χ2n) is 4.30. The molecule has 1 aromatic heterocycles. The fraction of sp³-hybridized carbons (Fsp3) is 0.643. The van der Waals surface area contributed by atoms with E-state index in [1.54, 1.807) is 0 Å². The van der Waals surface area contributed by atoms with Crippen molar-refractivity contribution in [3.63, 3.8) is 0 Å². The standard InChI is InChI=1S/C12H19N3.C2H6/c1-2-10-4-3-7-15(9-10)11-5-6-12(13)14-8-11;1-2/h5-6,8,10H,2-4,7,9H2,1H3,(H2,13,14);1-2H3. The van der Waals surface area contributed by atoms with Crippen molar-refractivity contribution in [3.05, 3.63) is 18.3 Å². The first-order valence-corrected chi connectivity index (χ1v) is 6.76. The van der Waals surface area contributed by atoms with Crippen LogP contribution in [0, 0.1) is 5.92 Å². The quantitative estimate of drug-likeness (QED) is 0.855. The molecule has 0 saturated carbocycles. The molecule has 1 fully saturated rings. The highest BCUT2D eigenvalue weighted by Crippen LogP contribution is 2.24. The average molecular weight is 235 g/mol. The minimum atomic E-state index is 0.600. The normalized spacial score (nSPS) is 19.5. The average Bonchev–Trinajstić information content (AvgIpc) is 2.42. The molecule has 3 nitrogen and oxygen atoms in total. The van der Waals surface area contributed by atoms with Gasteiger partial charge in [-0.2, -0.15) is 0 Å². The fourth-order valence-corrected chi connectivity index (χ4v) is 2.22. The number of aromatic nitrogens is 1. The number of nitrogens with two attached hydrogens (primary N) is 1. The summed E-state index contributed by atoms with van der Waals surface area (Å²) in [5.74, 6) is 1.44. The van der Waals surface area contributed by atoms with Crippen LogP contribution in [-0.2, 0) is 0 Å². The fourth-order valence-electron chi connectivity index (χ4n) is 2.22. The van der Waals surface area contributed by atoms with Gasteiger partial charge in [0.1, 0.15) is 5.82 Å². The molecule has 2 heterocycles. The first-order valence-electron chi connectivity index (χ1n) is 6.76. The van der Waals surface area contributed by atoms with Crippen molar-refractivity contribution < 1.29 is 0 Å². The van der Waals surface area contributed by atoms with Crippen LogP contribution in [-0.4, -0.2) is 18.1 Å². The molecule has 1 saturated heterocycles. The van der Waals surface area contributed by atoms with Gasteiger partial charge < -0.3 is 10.6 Å². The predicted molar refractivity (Wildman–Crippen MR) is 75.2 cm³/mol. The monoisotopic (exact) mass is 235 g/mol. The Morgan fingerprint density at radius 3 is 2.76 bits per heavy atom. The number of pyridine rings is 1.